The molecule has 0 aliphatic carbocycles. The summed E-state index contributed by atoms with van der Waals surface area (Å²) in [6.07, 6.45) is 0.794. The number of hydrogen-bond donors (Lipinski definition) is 1. The van der Waals surface area contributed by atoms with Crippen molar-refractivity contribution in [2.75, 3.05) is 20.8 Å². The molecule has 5 heteroatoms. The molecule has 1 aromatic carbocycles. The molecule has 0 fully saturated rings. The Morgan fingerprint density at radius 2 is 1.88 bits per heavy atom. The van der Waals surface area contributed by atoms with Crippen molar-refractivity contribution in [3.63, 3.8) is 0 Å². The van der Waals surface area contributed by atoms with Crippen LogP contribution in [0.3, 0.4) is 0 Å². The summed E-state index contributed by atoms with van der Waals surface area (Å²) in [6, 6.07) is 3.86. The Bertz CT molecular complexity index is 539. The molecule has 0 atom stereocenters. The molecule has 92 valence electrons. The molecule has 0 spiro atoms. The van der Waals surface area contributed by atoms with Crippen molar-refractivity contribution in [1.29, 1.82) is 0 Å². The molecule has 0 aliphatic heterocycles. The van der Waals surface area contributed by atoms with Crippen molar-refractivity contribution >= 4 is 33.0 Å². The van der Waals surface area contributed by atoms with Crippen molar-refractivity contribution in [1.82, 2.24) is 0 Å². The highest BCUT2D eigenvalue weighted by molar-refractivity contribution is 7.19. The third kappa shape index (κ3) is 2.20. The van der Waals surface area contributed by atoms with Gasteiger partial charge in [-0.3, -0.25) is 0 Å². The Kier molecular flexibility index (Phi) is 3.76. The smallest absolute Gasteiger partial charge is 0.162 e. The minimum absolute atomic E-state index is 0.598. The molecule has 0 saturated heterocycles. The fourth-order valence-corrected chi connectivity index (χ4v) is 3.28. The highest BCUT2D eigenvalue weighted by Crippen LogP contribution is 2.41. The van der Waals surface area contributed by atoms with Crippen LogP contribution in [-0.4, -0.2) is 20.8 Å². The molecule has 0 saturated carbocycles. The SMILES string of the molecule is COc1cc2sc(CCN)c(Cl)c2cc1OC. The first-order valence-electron chi connectivity index (χ1n) is 5.24. The van der Waals surface area contributed by atoms with Crippen molar-refractivity contribution in [2.24, 2.45) is 5.73 Å². The van der Waals surface area contributed by atoms with Crippen molar-refractivity contribution in [3.05, 3.63) is 22.0 Å². The molecule has 17 heavy (non-hydrogen) atoms. The maximum absolute atomic E-state index is 6.32. The van der Waals surface area contributed by atoms with Crippen LogP contribution in [0.25, 0.3) is 10.1 Å². The molecule has 2 aromatic rings. The topological polar surface area (TPSA) is 44.5 Å². The molecule has 1 aromatic heterocycles. The number of ether oxygens (including phenoxy) is 2. The van der Waals surface area contributed by atoms with Crippen LogP contribution in [0, 0.1) is 0 Å². The normalized spacial score (nSPS) is 10.8. The fourth-order valence-electron chi connectivity index (χ4n) is 1.74. The predicted octanol–water partition coefficient (Wildman–Crippen LogP) is 3.07. The standard InChI is InChI=1S/C12H14ClNO2S/c1-15-8-5-7-11(6-9(8)16-2)17-10(3-4-14)12(7)13/h5-6H,3-4,14H2,1-2H3. The number of rotatable bonds is 4. The molecule has 0 amide bonds. The number of hydrogen-bond acceptors (Lipinski definition) is 4. The van der Waals surface area contributed by atoms with Gasteiger partial charge in [0.05, 0.1) is 19.2 Å². The lowest BCUT2D eigenvalue weighted by Crippen LogP contribution is -2.01. The molecular weight excluding hydrogens is 258 g/mol. The Morgan fingerprint density at radius 3 is 2.47 bits per heavy atom. The quantitative estimate of drug-likeness (QED) is 0.929. The van der Waals surface area contributed by atoms with Gasteiger partial charge in [-0.2, -0.15) is 0 Å². The van der Waals surface area contributed by atoms with Gasteiger partial charge < -0.3 is 15.2 Å². The van der Waals surface area contributed by atoms with Gasteiger partial charge in [0.15, 0.2) is 11.5 Å². The van der Waals surface area contributed by atoms with E-state index in [1.54, 1.807) is 25.6 Å². The summed E-state index contributed by atoms with van der Waals surface area (Å²) in [5, 5.41) is 1.77. The van der Waals surface area contributed by atoms with Gasteiger partial charge in [0.25, 0.3) is 0 Å². The number of fused-ring (bicyclic) bond motifs is 1. The average Bonchev–Trinajstić information content (AvgIpc) is 2.65. The molecule has 2 N–H and O–H groups in total. The molecule has 0 aliphatic rings. The minimum atomic E-state index is 0.598. The van der Waals surface area contributed by atoms with Crippen LogP contribution < -0.4 is 15.2 Å². The maximum Gasteiger partial charge on any atom is 0.162 e. The highest BCUT2D eigenvalue weighted by atomic mass is 35.5. The second-order valence-corrected chi connectivity index (χ2v) is 5.10. The summed E-state index contributed by atoms with van der Waals surface area (Å²) in [4.78, 5) is 1.11. The molecule has 0 unspecified atom stereocenters. The zero-order valence-corrected chi connectivity index (χ0v) is 11.3. The van der Waals surface area contributed by atoms with Gasteiger partial charge in [-0.15, -0.1) is 11.3 Å². The Labute approximate surface area is 109 Å². The van der Waals surface area contributed by atoms with E-state index in [0.29, 0.717) is 12.3 Å². The summed E-state index contributed by atoms with van der Waals surface area (Å²) in [7, 11) is 3.24. The lowest BCUT2D eigenvalue weighted by atomic mass is 10.2. The van der Waals surface area contributed by atoms with E-state index in [0.717, 1.165) is 32.2 Å². The van der Waals surface area contributed by atoms with Gasteiger partial charge in [0, 0.05) is 21.0 Å². The molecule has 2 rings (SSSR count). The average molecular weight is 272 g/mol. The predicted molar refractivity (Wildman–Crippen MR) is 72.7 cm³/mol. The molecule has 3 nitrogen and oxygen atoms in total. The first kappa shape index (κ1) is 12.5. The molecule has 0 radical (unpaired) electrons. The third-order valence-electron chi connectivity index (χ3n) is 2.57. The van der Waals surface area contributed by atoms with E-state index in [9.17, 15) is 0 Å². The zero-order valence-electron chi connectivity index (χ0n) is 9.75. The summed E-state index contributed by atoms with van der Waals surface area (Å²) in [5.41, 5.74) is 5.56. The van der Waals surface area contributed by atoms with Crippen LogP contribution in [0.15, 0.2) is 12.1 Å². The van der Waals surface area contributed by atoms with Gasteiger partial charge in [0.2, 0.25) is 0 Å². The van der Waals surface area contributed by atoms with Crippen LogP contribution in [-0.2, 0) is 6.42 Å². The Morgan fingerprint density at radius 1 is 1.24 bits per heavy atom. The lowest BCUT2D eigenvalue weighted by molar-refractivity contribution is 0.356. The second kappa shape index (κ2) is 5.12. The van der Waals surface area contributed by atoms with Crippen molar-refractivity contribution in [3.8, 4) is 11.5 Å². The van der Waals surface area contributed by atoms with Crippen LogP contribution in [0.5, 0.6) is 11.5 Å². The summed E-state index contributed by atoms with van der Waals surface area (Å²) >= 11 is 7.97. The number of halogens is 1. The van der Waals surface area contributed by atoms with E-state index < -0.39 is 0 Å². The van der Waals surface area contributed by atoms with E-state index in [2.05, 4.69) is 0 Å². The van der Waals surface area contributed by atoms with Crippen LogP contribution in [0.1, 0.15) is 4.88 Å². The maximum atomic E-state index is 6.32. The van der Waals surface area contributed by atoms with E-state index in [-0.39, 0.29) is 0 Å². The summed E-state index contributed by atoms with van der Waals surface area (Å²) in [5.74, 6) is 1.41. The summed E-state index contributed by atoms with van der Waals surface area (Å²) < 4.78 is 11.6. The first-order valence-corrected chi connectivity index (χ1v) is 6.43. The van der Waals surface area contributed by atoms with Crippen LogP contribution in [0.2, 0.25) is 5.02 Å². The Balaban J connectivity index is 2.62. The number of benzene rings is 1. The van der Waals surface area contributed by atoms with Crippen molar-refractivity contribution in [2.45, 2.75) is 6.42 Å². The molecular formula is C12H14ClNO2S. The first-order chi connectivity index (χ1) is 8.21. The largest absolute Gasteiger partial charge is 0.493 e. The fraction of sp³-hybridized carbons (Fsp3) is 0.333. The second-order valence-electron chi connectivity index (χ2n) is 3.58. The monoisotopic (exact) mass is 271 g/mol. The van der Waals surface area contributed by atoms with E-state index in [4.69, 9.17) is 26.8 Å². The third-order valence-corrected chi connectivity index (χ3v) is 4.33. The highest BCUT2D eigenvalue weighted by Gasteiger charge is 2.14. The number of methoxy groups -OCH3 is 2. The van der Waals surface area contributed by atoms with Gasteiger partial charge in [0.1, 0.15) is 0 Å². The zero-order chi connectivity index (χ0) is 12.4. The van der Waals surface area contributed by atoms with Crippen LogP contribution in [0.4, 0.5) is 0 Å². The van der Waals surface area contributed by atoms with E-state index in [1.807, 2.05) is 12.1 Å². The molecule has 0 bridgehead atoms. The van der Waals surface area contributed by atoms with Gasteiger partial charge in [-0.05, 0) is 19.0 Å². The van der Waals surface area contributed by atoms with Crippen LogP contribution >= 0.6 is 22.9 Å². The van der Waals surface area contributed by atoms with E-state index in [1.165, 1.54) is 0 Å². The number of nitrogens with two attached hydrogens (primary N) is 1. The van der Waals surface area contributed by atoms with Crippen molar-refractivity contribution < 1.29 is 9.47 Å². The number of thiophene rings is 1. The van der Waals surface area contributed by atoms with Gasteiger partial charge >= 0.3 is 0 Å². The van der Waals surface area contributed by atoms with Gasteiger partial charge in [-0.25, -0.2) is 0 Å². The van der Waals surface area contributed by atoms with Gasteiger partial charge in [-0.1, -0.05) is 11.6 Å². The molecule has 1 heterocycles. The lowest BCUT2D eigenvalue weighted by Gasteiger charge is -2.06. The Hall–Kier alpha value is -0.970. The minimum Gasteiger partial charge on any atom is -0.493 e. The summed E-state index contributed by atoms with van der Waals surface area (Å²) in [6.45, 7) is 0.598. The van der Waals surface area contributed by atoms with E-state index >= 15 is 0 Å².